The molecule has 1 aromatic rings. The molecule has 0 amide bonds. The molecule has 2 aliphatic rings. The number of esters is 1. The van der Waals surface area contributed by atoms with Crippen molar-refractivity contribution in [3.05, 3.63) is 63.5 Å². The number of halogens is 1. The number of rotatable bonds is 4. The SMILES string of the molecule is COC1=C(Cl)CC2=NC(C(=O)c3ccncc3)=C(OC(C)=O)C2=C1C. The summed E-state index contributed by atoms with van der Waals surface area (Å²) in [5.41, 5.74) is 2.31. The van der Waals surface area contributed by atoms with Gasteiger partial charge in [0.15, 0.2) is 11.5 Å². The van der Waals surface area contributed by atoms with E-state index < -0.39 is 5.97 Å². The zero-order valence-corrected chi connectivity index (χ0v) is 14.7. The van der Waals surface area contributed by atoms with Gasteiger partial charge in [-0.05, 0) is 19.1 Å². The number of ether oxygens (including phenoxy) is 2. The Bertz CT molecular complexity index is 895. The van der Waals surface area contributed by atoms with E-state index in [0.717, 1.165) is 0 Å². The van der Waals surface area contributed by atoms with Crippen molar-refractivity contribution in [2.45, 2.75) is 20.3 Å². The van der Waals surface area contributed by atoms with E-state index in [2.05, 4.69) is 9.98 Å². The molecule has 0 N–H and O–H groups in total. The molecular formula is C18H15ClN2O4. The minimum Gasteiger partial charge on any atom is -0.495 e. The van der Waals surface area contributed by atoms with Gasteiger partial charge < -0.3 is 9.47 Å². The second-order valence-electron chi connectivity index (χ2n) is 5.51. The maximum Gasteiger partial charge on any atom is 0.308 e. The van der Waals surface area contributed by atoms with Gasteiger partial charge in [0.1, 0.15) is 5.76 Å². The molecule has 1 aromatic heterocycles. The number of aliphatic imine (C=N–C) groups is 1. The van der Waals surface area contributed by atoms with Crippen molar-refractivity contribution in [1.29, 1.82) is 0 Å². The third-order valence-electron chi connectivity index (χ3n) is 3.87. The Balaban J connectivity index is 2.16. The molecule has 0 fully saturated rings. The lowest BCUT2D eigenvalue weighted by Gasteiger charge is -2.20. The van der Waals surface area contributed by atoms with Crippen LogP contribution in [0.3, 0.4) is 0 Å². The Morgan fingerprint density at radius 1 is 1.20 bits per heavy atom. The molecule has 0 unspecified atom stereocenters. The predicted octanol–water partition coefficient (Wildman–Crippen LogP) is 3.31. The first-order valence-corrected chi connectivity index (χ1v) is 7.91. The summed E-state index contributed by atoms with van der Waals surface area (Å²) >= 11 is 6.26. The number of carbonyl (C=O) groups is 2. The molecular weight excluding hydrogens is 344 g/mol. The summed E-state index contributed by atoms with van der Waals surface area (Å²) in [5, 5.41) is 0.488. The molecule has 0 aromatic carbocycles. The van der Waals surface area contributed by atoms with Crippen LogP contribution in [-0.2, 0) is 14.3 Å². The number of pyridine rings is 1. The molecule has 7 heteroatoms. The van der Waals surface area contributed by atoms with Crippen LogP contribution in [-0.4, -0.2) is 29.6 Å². The second kappa shape index (κ2) is 6.64. The van der Waals surface area contributed by atoms with Gasteiger partial charge in [-0.1, -0.05) is 11.6 Å². The van der Waals surface area contributed by atoms with Gasteiger partial charge in [-0.15, -0.1) is 0 Å². The average Bonchev–Trinajstić information content (AvgIpc) is 2.93. The highest BCUT2D eigenvalue weighted by Gasteiger charge is 2.36. The number of Topliss-reactive ketones (excluding diaryl/α,β-unsaturated/α-hetero) is 1. The Kier molecular flexibility index (Phi) is 4.55. The van der Waals surface area contributed by atoms with E-state index in [4.69, 9.17) is 21.1 Å². The maximum absolute atomic E-state index is 12.8. The normalized spacial score (nSPS) is 16.7. The molecule has 6 nitrogen and oxygen atoms in total. The van der Waals surface area contributed by atoms with E-state index in [1.807, 2.05) is 0 Å². The Labute approximate surface area is 149 Å². The summed E-state index contributed by atoms with van der Waals surface area (Å²) in [5.74, 6) is -0.249. The molecule has 0 atom stereocenters. The van der Waals surface area contributed by atoms with Crippen molar-refractivity contribution >= 4 is 29.1 Å². The Morgan fingerprint density at radius 2 is 1.88 bits per heavy atom. The van der Waals surface area contributed by atoms with Crippen molar-refractivity contribution in [1.82, 2.24) is 4.98 Å². The first kappa shape index (κ1) is 17.1. The number of fused-ring (bicyclic) bond motifs is 1. The van der Waals surface area contributed by atoms with E-state index in [1.165, 1.54) is 26.4 Å². The van der Waals surface area contributed by atoms with Gasteiger partial charge in [0, 0.05) is 42.4 Å². The standard InChI is InChI=1S/C18H15ClN2O4/c1-9-14-13(8-12(19)17(9)24-3)21-15(18(14)25-10(2)22)16(23)11-4-6-20-7-5-11/h4-7H,8H2,1-3H3. The average molecular weight is 359 g/mol. The van der Waals surface area contributed by atoms with Gasteiger partial charge in [0.05, 0.1) is 17.9 Å². The van der Waals surface area contributed by atoms with E-state index in [0.29, 0.717) is 39.6 Å². The lowest BCUT2D eigenvalue weighted by atomic mass is 9.94. The molecule has 0 radical (unpaired) electrons. The van der Waals surface area contributed by atoms with E-state index >= 15 is 0 Å². The molecule has 0 saturated heterocycles. The molecule has 1 aliphatic heterocycles. The molecule has 0 spiro atoms. The number of carbonyl (C=O) groups excluding carboxylic acids is 2. The van der Waals surface area contributed by atoms with Crippen LogP contribution in [0.15, 0.2) is 62.9 Å². The fourth-order valence-electron chi connectivity index (χ4n) is 2.85. The van der Waals surface area contributed by atoms with Gasteiger partial charge in [-0.3, -0.25) is 14.6 Å². The molecule has 2 heterocycles. The Hall–Kier alpha value is -2.73. The van der Waals surface area contributed by atoms with Gasteiger partial charge >= 0.3 is 5.97 Å². The number of nitrogens with zero attached hydrogens (tertiary/aromatic N) is 2. The minimum absolute atomic E-state index is 0.0765. The van der Waals surface area contributed by atoms with Crippen LogP contribution in [0.2, 0.25) is 0 Å². The van der Waals surface area contributed by atoms with Gasteiger partial charge in [-0.2, -0.15) is 0 Å². The number of hydrogen-bond donors (Lipinski definition) is 0. The van der Waals surface area contributed by atoms with Crippen LogP contribution in [0.5, 0.6) is 0 Å². The lowest BCUT2D eigenvalue weighted by Crippen LogP contribution is -2.15. The van der Waals surface area contributed by atoms with Crippen molar-refractivity contribution in [2.24, 2.45) is 4.99 Å². The molecule has 1 aliphatic carbocycles. The van der Waals surface area contributed by atoms with Crippen LogP contribution in [0.4, 0.5) is 0 Å². The third kappa shape index (κ3) is 3.00. The van der Waals surface area contributed by atoms with Crippen LogP contribution in [0.25, 0.3) is 0 Å². The minimum atomic E-state index is -0.536. The van der Waals surface area contributed by atoms with Gasteiger partial charge in [-0.25, -0.2) is 4.99 Å². The number of allylic oxidation sites excluding steroid dienone is 4. The topological polar surface area (TPSA) is 77.8 Å². The smallest absolute Gasteiger partial charge is 0.308 e. The zero-order chi connectivity index (χ0) is 18.1. The van der Waals surface area contributed by atoms with E-state index in [1.54, 1.807) is 19.1 Å². The number of aromatic nitrogens is 1. The summed E-state index contributed by atoms with van der Waals surface area (Å²) < 4.78 is 10.7. The van der Waals surface area contributed by atoms with Gasteiger partial charge in [0.25, 0.3) is 0 Å². The van der Waals surface area contributed by atoms with Crippen LogP contribution >= 0.6 is 11.6 Å². The third-order valence-corrected chi connectivity index (χ3v) is 4.17. The molecule has 25 heavy (non-hydrogen) atoms. The van der Waals surface area contributed by atoms with Crippen LogP contribution in [0, 0.1) is 0 Å². The fourth-order valence-corrected chi connectivity index (χ4v) is 3.20. The van der Waals surface area contributed by atoms with Crippen molar-refractivity contribution < 1.29 is 19.1 Å². The first-order valence-electron chi connectivity index (χ1n) is 7.53. The monoisotopic (exact) mass is 358 g/mol. The summed E-state index contributed by atoms with van der Waals surface area (Å²) in [7, 11) is 1.51. The maximum atomic E-state index is 12.8. The molecule has 3 rings (SSSR count). The zero-order valence-electron chi connectivity index (χ0n) is 13.9. The summed E-state index contributed by atoms with van der Waals surface area (Å²) in [6.07, 6.45) is 3.33. The quantitative estimate of drug-likeness (QED) is 0.609. The Morgan fingerprint density at radius 3 is 2.48 bits per heavy atom. The largest absolute Gasteiger partial charge is 0.495 e. The summed E-state index contributed by atoms with van der Waals surface area (Å²) in [6.45, 7) is 3.06. The molecule has 0 bridgehead atoms. The van der Waals surface area contributed by atoms with Gasteiger partial charge in [0.2, 0.25) is 5.78 Å². The highest BCUT2D eigenvalue weighted by atomic mass is 35.5. The van der Waals surface area contributed by atoms with E-state index in [-0.39, 0.29) is 17.2 Å². The van der Waals surface area contributed by atoms with Crippen molar-refractivity contribution in [3.8, 4) is 0 Å². The summed E-state index contributed by atoms with van der Waals surface area (Å²) in [6, 6.07) is 3.16. The molecule has 0 saturated carbocycles. The first-order chi connectivity index (χ1) is 11.9. The predicted molar refractivity (Wildman–Crippen MR) is 92.0 cm³/mol. The van der Waals surface area contributed by atoms with Crippen LogP contribution in [0.1, 0.15) is 30.6 Å². The van der Waals surface area contributed by atoms with E-state index in [9.17, 15) is 9.59 Å². The van der Waals surface area contributed by atoms with Crippen LogP contribution < -0.4 is 0 Å². The second-order valence-corrected chi connectivity index (χ2v) is 5.97. The van der Waals surface area contributed by atoms with Crippen molar-refractivity contribution in [3.63, 3.8) is 0 Å². The molecule has 128 valence electrons. The van der Waals surface area contributed by atoms with Crippen molar-refractivity contribution in [2.75, 3.05) is 7.11 Å². The summed E-state index contributed by atoms with van der Waals surface area (Å²) in [4.78, 5) is 32.7. The number of methoxy groups -OCH3 is 1. The lowest BCUT2D eigenvalue weighted by molar-refractivity contribution is -0.136. The number of ketones is 1. The fraction of sp³-hybridized carbons (Fsp3) is 0.222. The number of hydrogen-bond acceptors (Lipinski definition) is 6. The highest BCUT2D eigenvalue weighted by Crippen LogP contribution is 2.40. The highest BCUT2D eigenvalue weighted by molar-refractivity contribution is 6.34.